The van der Waals surface area contributed by atoms with Crippen LogP contribution in [0.4, 0.5) is 0 Å². The van der Waals surface area contributed by atoms with Crippen LogP contribution in [0.25, 0.3) is 27.6 Å². The predicted octanol–water partition coefficient (Wildman–Crippen LogP) is 3.51. The van der Waals surface area contributed by atoms with Crippen LogP contribution in [0, 0.1) is 6.92 Å². The van der Waals surface area contributed by atoms with Crippen LogP contribution in [0.15, 0.2) is 82.6 Å². The van der Waals surface area contributed by atoms with Crippen molar-refractivity contribution in [1.29, 1.82) is 0 Å². The van der Waals surface area contributed by atoms with E-state index in [9.17, 15) is 9.59 Å². The lowest BCUT2D eigenvalue weighted by molar-refractivity contribution is 0.184. The number of hydrogen-bond acceptors (Lipinski definition) is 4. The number of rotatable bonds is 6. The highest BCUT2D eigenvalue weighted by Crippen LogP contribution is 2.23. The molecule has 5 rings (SSSR count). The first-order chi connectivity index (χ1) is 16.1. The normalized spacial score (nSPS) is 11.5. The summed E-state index contributed by atoms with van der Waals surface area (Å²) >= 11 is 0. The summed E-state index contributed by atoms with van der Waals surface area (Å²) in [5.41, 5.74) is 2.84. The van der Waals surface area contributed by atoms with E-state index in [0.29, 0.717) is 23.4 Å². The zero-order valence-corrected chi connectivity index (χ0v) is 18.6. The van der Waals surface area contributed by atoms with E-state index in [2.05, 4.69) is 4.98 Å². The molecular formula is C26H24N4O3. The summed E-state index contributed by atoms with van der Waals surface area (Å²) in [4.78, 5) is 31.6. The van der Waals surface area contributed by atoms with Gasteiger partial charge in [0.05, 0.1) is 25.2 Å². The van der Waals surface area contributed by atoms with Gasteiger partial charge in [0.25, 0.3) is 5.56 Å². The minimum Gasteiger partial charge on any atom is -0.383 e. The summed E-state index contributed by atoms with van der Waals surface area (Å²) < 4.78 is 9.76. The van der Waals surface area contributed by atoms with Crippen molar-refractivity contribution in [3.05, 3.63) is 105 Å². The Bertz CT molecular complexity index is 1570. The molecule has 0 N–H and O–H groups in total. The van der Waals surface area contributed by atoms with E-state index >= 15 is 0 Å². The van der Waals surface area contributed by atoms with Crippen LogP contribution in [-0.2, 0) is 17.8 Å². The van der Waals surface area contributed by atoms with Gasteiger partial charge in [-0.3, -0.25) is 9.36 Å². The van der Waals surface area contributed by atoms with Crippen molar-refractivity contribution in [2.24, 2.45) is 0 Å². The molecule has 0 aliphatic heterocycles. The van der Waals surface area contributed by atoms with Crippen LogP contribution in [0.3, 0.4) is 0 Å². The fraction of sp³-hybridized carbons (Fsp3) is 0.192. The molecule has 0 aliphatic rings. The third-order valence-corrected chi connectivity index (χ3v) is 5.90. The highest BCUT2D eigenvalue weighted by atomic mass is 16.5. The maximum absolute atomic E-state index is 13.6. The molecular weight excluding hydrogens is 416 g/mol. The molecule has 5 aromatic rings. The molecule has 3 aromatic carbocycles. The number of methoxy groups -OCH3 is 1. The molecule has 2 aromatic heterocycles. The Morgan fingerprint density at radius 2 is 1.70 bits per heavy atom. The number of nitrogens with zero attached hydrogens (tertiary/aromatic N) is 4. The van der Waals surface area contributed by atoms with Crippen LogP contribution in [0.1, 0.15) is 11.1 Å². The second kappa shape index (κ2) is 8.52. The van der Waals surface area contributed by atoms with Crippen LogP contribution < -0.4 is 11.2 Å². The van der Waals surface area contributed by atoms with Gasteiger partial charge in [-0.1, -0.05) is 66.2 Å². The summed E-state index contributed by atoms with van der Waals surface area (Å²) in [5, 5.41) is 1.91. The summed E-state index contributed by atoms with van der Waals surface area (Å²) in [6.45, 7) is 2.92. The molecule has 0 atom stereocenters. The Labute approximate surface area is 190 Å². The molecule has 7 heteroatoms. The Morgan fingerprint density at radius 3 is 2.48 bits per heavy atom. The molecule has 2 heterocycles. The Kier molecular flexibility index (Phi) is 5.40. The fourth-order valence-corrected chi connectivity index (χ4v) is 4.19. The maximum Gasteiger partial charge on any atom is 0.337 e. The topological polar surface area (TPSA) is 71.1 Å². The molecule has 0 bridgehead atoms. The third-order valence-electron chi connectivity index (χ3n) is 5.90. The quantitative estimate of drug-likeness (QED) is 0.405. The molecule has 0 radical (unpaired) electrons. The summed E-state index contributed by atoms with van der Waals surface area (Å²) in [7, 11) is 1.55. The van der Waals surface area contributed by atoms with Gasteiger partial charge < -0.3 is 9.30 Å². The van der Waals surface area contributed by atoms with Gasteiger partial charge in [-0.2, -0.15) is 0 Å². The molecule has 0 saturated carbocycles. The van der Waals surface area contributed by atoms with Gasteiger partial charge in [-0.15, -0.1) is 0 Å². The van der Waals surface area contributed by atoms with Crippen molar-refractivity contribution < 1.29 is 4.74 Å². The molecule has 33 heavy (non-hydrogen) atoms. The molecule has 0 amide bonds. The predicted molar refractivity (Wildman–Crippen MR) is 129 cm³/mol. The number of imidazole rings is 1. The van der Waals surface area contributed by atoms with Gasteiger partial charge in [0.2, 0.25) is 0 Å². The molecule has 166 valence electrons. The van der Waals surface area contributed by atoms with Gasteiger partial charge in [0.1, 0.15) is 0 Å². The van der Waals surface area contributed by atoms with E-state index in [1.54, 1.807) is 18.0 Å². The smallest absolute Gasteiger partial charge is 0.337 e. The van der Waals surface area contributed by atoms with Crippen molar-refractivity contribution >= 4 is 21.9 Å². The lowest BCUT2D eigenvalue weighted by atomic mass is 10.1. The summed E-state index contributed by atoms with van der Waals surface area (Å²) in [6.07, 6.45) is 1.63. The summed E-state index contributed by atoms with van der Waals surface area (Å²) in [5.74, 6) is 0. The number of hydrogen-bond donors (Lipinski definition) is 0. The average Bonchev–Trinajstić information content (AvgIpc) is 3.24. The van der Waals surface area contributed by atoms with E-state index in [4.69, 9.17) is 4.74 Å². The van der Waals surface area contributed by atoms with E-state index in [1.807, 2.05) is 78.2 Å². The number of aromatic nitrogens is 4. The fourth-order valence-electron chi connectivity index (χ4n) is 4.19. The van der Waals surface area contributed by atoms with Crippen molar-refractivity contribution in [2.45, 2.75) is 20.0 Å². The number of benzene rings is 3. The highest BCUT2D eigenvalue weighted by Gasteiger charge is 2.20. The van der Waals surface area contributed by atoms with Crippen LogP contribution in [0.5, 0.6) is 0 Å². The molecule has 0 unspecified atom stereocenters. The Morgan fingerprint density at radius 1 is 0.939 bits per heavy atom. The third kappa shape index (κ3) is 3.66. The van der Waals surface area contributed by atoms with Crippen molar-refractivity contribution in [3.8, 4) is 5.69 Å². The van der Waals surface area contributed by atoms with E-state index in [-0.39, 0.29) is 18.7 Å². The number of fused-ring (bicyclic) bond motifs is 2. The Balaban J connectivity index is 1.80. The van der Waals surface area contributed by atoms with Crippen molar-refractivity contribution in [3.63, 3.8) is 0 Å². The van der Waals surface area contributed by atoms with E-state index in [1.165, 1.54) is 10.1 Å². The molecule has 0 aliphatic carbocycles. The number of aryl methyl sites for hydroxylation is 1. The highest BCUT2D eigenvalue weighted by molar-refractivity contribution is 5.91. The standard InChI is InChI=1S/C26H24N4O3/c1-18-10-12-19(13-11-18)16-28-17-27-24-23(28)25(31)29(14-15-33-2)26(32)30(24)22-9-5-7-20-6-3-4-8-21(20)22/h3-13,17H,14-16H2,1-2H3. The average molecular weight is 441 g/mol. The minimum atomic E-state index is -0.429. The van der Waals surface area contributed by atoms with Gasteiger partial charge >= 0.3 is 5.69 Å². The minimum absolute atomic E-state index is 0.157. The van der Waals surface area contributed by atoms with Gasteiger partial charge in [-0.05, 0) is 23.9 Å². The lowest BCUT2D eigenvalue weighted by Crippen LogP contribution is -2.41. The van der Waals surface area contributed by atoms with Crippen LogP contribution in [-0.4, -0.2) is 32.4 Å². The maximum atomic E-state index is 13.6. The van der Waals surface area contributed by atoms with Gasteiger partial charge in [0, 0.05) is 19.0 Å². The lowest BCUT2D eigenvalue weighted by Gasteiger charge is -2.14. The van der Waals surface area contributed by atoms with Crippen molar-refractivity contribution in [1.82, 2.24) is 18.7 Å². The SMILES string of the molecule is COCCn1c(=O)c2c(ncn2Cc2ccc(C)cc2)n(-c2cccc3ccccc23)c1=O. The molecule has 0 fully saturated rings. The summed E-state index contributed by atoms with van der Waals surface area (Å²) in [6, 6.07) is 21.8. The Hall–Kier alpha value is -3.97. The largest absolute Gasteiger partial charge is 0.383 e. The molecule has 0 spiro atoms. The van der Waals surface area contributed by atoms with Gasteiger partial charge in [0.15, 0.2) is 11.2 Å². The van der Waals surface area contributed by atoms with Gasteiger partial charge in [-0.25, -0.2) is 14.3 Å². The molecule has 0 saturated heterocycles. The van der Waals surface area contributed by atoms with Crippen LogP contribution >= 0.6 is 0 Å². The monoisotopic (exact) mass is 440 g/mol. The second-order valence-electron chi connectivity index (χ2n) is 8.10. The van der Waals surface area contributed by atoms with E-state index < -0.39 is 5.69 Å². The number of ether oxygens (including phenoxy) is 1. The first kappa shape index (κ1) is 20.9. The first-order valence-corrected chi connectivity index (χ1v) is 10.8. The second-order valence-corrected chi connectivity index (χ2v) is 8.10. The first-order valence-electron chi connectivity index (χ1n) is 10.8. The molecule has 7 nitrogen and oxygen atoms in total. The zero-order valence-electron chi connectivity index (χ0n) is 18.6. The van der Waals surface area contributed by atoms with Crippen LogP contribution in [0.2, 0.25) is 0 Å². The zero-order chi connectivity index (χ0) is 22.9. The van der Waals surface area contributed by atoms with E-state index in [0.717, 1.165) is 16.3 Å². The van der Waals surface area contributed by atoms with Crippen molar-refractivity contribution in [2.75, 3.05) is 13.7 Å².